The number of allylic oxidation sites excluding steroid dienone is 2. The Balaban J connectivity index is 1.31. The number of halogens is 1. The summed E-state index contributed by atoms with van der Waals surface area (Å²) in [4.78, 5) is 29.5. The number of piperazine rings is 1. The number of benzene rings is 1. The topological polar surface area (TPSA) is 134 Å². The molecule has 4 aliphatic rings. The van der Waals surface area contributed by atoms with E-state index >= 15 is 0 Å². The summed E-state index contributed by atoms with van der Waals surface area (Å²) in [5, 5.41) is 10.6. The van der Waals surface area contributed by atoms with Gasteiger partial charge in [-0.1, -0.05) is 22.7 Å². The summed E-state index contributed by atoms with van der Waals surface area (Å²) >= 11 is 6.41. The molecule has 1 aromatic carbocycles. The summed E-state index contributed by atoms with van der Waals surface area (Å²) in [5.74, 6) is -0.350. The van der Waals surface area contributed by atoms with E-state index in [1.54, 1.807) is 11.1 Å². The fourth-order valence-electron chi connectivity index (χ4n) is 6.85. The van der Waals surface area contributed by atoms with Crippen molar-refractivity contribution < 1.29 is 9.90 Å². The van der Waals surface area contributed by atoms with Crippen LogP contribution in [-0.2, 0) is 4.79 Å². The van der Waals surface area contributed by atoms with Crippen LogP contribution in [0.4, 0.5) is 5.95 Å². The van der Waals surface area contributed by atoms with Crippen molar-refractivity contribution in [1.29, 1.82) is 0 Å². The predicted molar refractivity (Wildman–Crippen MR) is 144 cm³/mol. The van der Waals surface area contributed by atoms with E-state index in [9.17, 15) is 4.79 Å². The van der Waals surface area contributed by atoms with Gasteiger partial charge in [-0.3, -0.25) is 9.69 Å². The Hall–Kier alpha value is -3.01. The van der Waals surface area contributed by atoms with Crippen LogP contribution in [0, 0.1) is 0 Å². The number of hydrogen-bond acceptors (Lipinski definition) is 6. The second-order valence-corrected chi connectivity index (χ2v) is 10.9. The minimum atomic E-state index is -0.714. The summed E-state index contributed by atoms with van der Waals surface area (Å²) in [7, 11) is 0. The molecule has 2 aromatic rings. The molecule has 2 saturated carbocycles. The van der Waals surface area contributed by atoms with Crippen LogP contribution in [0.5, 0.6) is 0 Å². The maximum atomic E-state index is 10.9. The normalized spacial score (nSPS) is 23.8. The van der Waals surface area contributed by atoms with Crippen molar-refractivity contribution in [3.8, 4) is 0 Å². The van der Waals surface area contributed by atoms with Gasteiger partial charge in [0.05, 0.1) is 17.3 Å². The van der Waals surface area contributed by atoms with E-state index in [4.69, 9.17) is 33.2 Å². The molecule has 3 fully saturated rings. The highest BCUT2D eigenvalue weighted by atomic mass is 35.5. The molecule has 4 bridgehead atoms. The highest BCUT2D eigenvalue weighted by Gasteiger charge is 2.46. The molecule has 194 valence electrons. The first-order chi connectivity index (χ1) is 17.9. The second-order valence-electron chi connectivity index (χ2n) is 10.4. The zero-order valence-corrected chi connectivity index (χ0v) is 21.5. The third-order valence-electron chi connectivity index (χ3n) is 8.32. The van der Waals surface area contributed by atoms with Gasteiger partial charge in [0.25, 0.3) is 5.95 Å². The highest BCUT2D eigenvalue weighted by Crippen LogP contribution is 2.57. The fraction of sp³-hybridized carbons (Fsp3) is 0.481. The molecule has 5 N–H and O–H groups in total. The number of nitrogens with two attached hydrogens (primary N) is 2. The lowest BCUT2D eigenvalue weighted by Gasteiger charge is -2.41. The van der Waals surface area contributed by atoms with Crippen molar-refractivity contribution in [2.24, 2.45) is 16.5 Å². The Bertz CT molecular complexity index is 1330. The number of carboxylic acid groups (broad SMARTS) is 1. The summed E-state index contributed by atoms with van der Waals surface area (Å²) in [6, 6.07) is 6.10. The molecule has 0 radical (unpaired) electrons. The molecular formula is C27H32ClN7O2. The SMILES string of the molecule is NC(N)=Nc1nc(C2C3=C4CCC(=C2CC3)C4N2CCN(CCCC(=O)O)CC2)c2cc(Cl)ccc2n1. The average Bonchev–Trinajstić information content (AvgIpc) is 3.39. The molecule has 0 unspecified atom stereocenters. The Morgan fingerprint density at radius 1 is 1.03 bits per heavy atom. The Morgan fingerprint density at radius 2 is 1.70 bits per heavy atom. The van der Waals surface area contributed by atoms with E-state index in [2.05, 4.69) is 19.8 Å². The molecule has 6 rings (SSSR count). The fourth-order valence-corrected chi connectivity index (χ4v) is 7.02. The van der Waals surface area contributed by atoms with Crippen LogP contribution >= 0.6 is 11.6 Å². The molecule has 1 saturated heterocycles. The van der Waals surface area contributed by atoms with Gasteiger partial charge >= 0.3 is 5.97 Å². The lowest BCUT2D eigenvalue weighted by atomic mass is 9.81. The number of carboxylic acids is 1. The average molecular weight is 522 g/mol. The van der Waals surface area contributed by atoms with Gasteiger partial charge in [0.15, 0.2) is 5.96 Å². The lowest BCUT2D eigenvalue weighted by molar-refractivity contribution is -0.137. The maximum Gasteiger partial charge on any atom is 0.303 e. The smallest absolute Gasteiger partial charge is 0.303 e. The van der Waals surface area contributed by atoms with Crippen LogP contribution in [0.3, 0.4) is 0 Å². The zero-order valence-electron chi connectivity index (χ0n) is 20.8. The number of fused-ring (bicyclic) bond motifs is 5. The van der Waals surface area contributed by atoms with Gasteiger partial charge in [0, 0.05) is 48.9 Å². The molecule has 9 nitrogen and oxygen atoms in total. The number of aliphatic imine (C=N–C) groups is 1. The monoisotopic (exact) mass is 521 g/mol. The van der Waals surface area contributed by atoms with Crippen LogP contribution < -0.4 is 11.5 Å². The summed E-state index contributed by atoms with van der Waals surface area (Å²) in [5.41, 5.74) is 19.2. The van der Waals surface area contributed by atoms with Gasteiger partial charge in [-0.2, -0.15) is 4.99 Å². The van der Waals surface area contributed by atoms with Crippen LogP contribution in [-0.4, -0.2) is 75.6 Å². The Labute approximate surface area is 220 Å². The van der Waals surface area contributed by atoms with Crippen molar-refractivity contribution in [2.75, 3.05) is 32.7 Å². The molecule has 0 amide bonds. The molecule has 10 heteroatoms. The number of aromatic nitrogens is 2. The lowest BCUT2D eigenvalue weighted by Crippen LogP contribution is -2.51. The third-order valence-corrected chi connectivity index (χ3v) is 8.56. The van der Waals surface area contributed by atoms with E-state index < -0.39 is 5.97 Å². The predicted octanol–water partition coefficient (Wildman–Crippen LogP) is 3.32. The first-order valence-corrected chi connectivity index (χ1v) is 13.5. The van der Waals surface area contributed by atoms with Crippen molar-refractivity contribution in [3.05, 3.63) is 51.2 Å². The standard InChI is InChI=1S/C27H32ClN7O2/c28-15-3-8-21-20(14-15)24(32-27(31-21)33-26(29)30)23-16-4-5-17(23)19-7-6-18(16)25(19)35-12-10-34(11-13-35)9-1-2-22(36)37/h3,8,14,23,25H,1-2,4-7,9-13H2,(H,36,37)(H4,29,30,31,32,33). The zero-order chi connectivity index (χ0) is 25.7. The molecule has 3 aliphatic carbocycles. The second kappa shape index (κ2) is 9.70. The molecule has 1 aromatic heterocycles. The van der Waals surface area contributed by atoms with Gasteiger partial charge in [0.1, 0.15) is 0 Å². The van der Waals surface area contributed by atoms with Gasteiger partial charge in [-0.25, -0.2) is 9.97 Å². The van der Waals surface area contributed by atoms with E-state index in [0.717, 1.165) is 75.0 Å². The summed E-state index contributed by atoms with van der Waals surface area (Å²) < 4.78 is 0. The number of hydrogen-bond donors (Lipinski definition) is 3. The summed E-state index contributed by atoms with van der Waals surface area (Å²) in [6.07, 6.45) is 5.30. The van der Waals surface area contributed by atoms with E-state index in [0.29, 0.717) is 17.5 Å². The number of carbonyl (C=O) groups is 1. The molecule has 37 heavy (non-hydrogen) atoms. The van der Waals surface area contributed by atoms with Crippen LogP contribution in [0.2, 0.25) is 5.02 Å². The van der Waals surface area contributed by atoms with Crippen LogP contribution in [0.1, 0.15) is 50.1 Å². The van der Waals surface area contributed by atoms with E-state index in [1.807, 2.05) is 18.2 Å². The maximum absolute atomic E-state index is 10.9. The first kappa shape index (κ1) is 24.3. The molecule has 0 atom stereocenters. The van der Waals surface area contributed by atoms with Crippen molar-refractivity contribution >= 4 is 40.4 Å². The number of rotatable bonds is 7. The van der Waals surface area contributed by atoms with E-state index in [1.165, 1.54) is 11.1 Å². The van der Waals surface area contributed by atoms with Crippen molar-refractivity contribution in [1.82, 2.24) is 19.8 Å². The quantitative estimate of drug-likeness (QED) is 0.287. The molecule has 1 aliphatic heterocycles. The highest BCUT2D eigenvalue weighted by molar-refractivity contribution is 6.31. The minimum absolute atomic E-state index is 0.0582. The number of guanidine groups is 1. The number of nitrogens with zero attached hydrogens (tertiary/aromatic N) is 5. The largest absolute Gasteiger partial charge is 0.481 e. The first-order valence-electron chi connectivity index (χ1n) is 13.1. The molecule has 2 heterocycles. The Morgan fingerprint density at radius 3 is 2.35 bits per heavy atom. The van der Waals surface area contributed by atoms with Gasteiger partial charge < -0.3 is 21.5 Å². The van der Waals surface area contributed by atoms with Crippen molar-refractivity contribution in [3.63, 3.8) is 0 Å². The minimum Gasteiger partial charge on any atom is -0.481 e. The van der Waals surface area contributed by atoms with Crippen LogP contribution in [0.15, 0.2) is 45.5 Å². The van der Waals surface area contributed by atoms with Gasteiger partial charge in [-0.15, -0.1) is 0 Å². The van der Waals surface area contributed by atoms with Gasteiger partial charge in [-0.05, 0) is 68.0 Å². The molecule has 0 spiro atoms. The Kier molecular flexibility index (Phi) is 6.38. The van der Waals surface area contributed by atoms with Gasteiger partial charge in [0.2, 0.25) is 0 Å². The number of aliphatic carboxylic acids is 1. The van der Waals surface area contributed by atoms with Crippen molar-refractivity contribution in [2.45, 2.75) is 50.5 Å². The van der Waals surface area contributed by atoms with E-state index in [-0.39, 0.29) is 24.2 Å². The third kappa shape index (κ3) is 4.49. The summed E-state index contributed by atoms with van der Waals surface area (Å²) in [6.45, 7) is 4.85. The van der Waals surface area contributed by atoms with Crippen LogP contribution in [0.25, 0.3) is 10.9 Å². The molecular weight excluding hydrogens is 490 g/mol.